The number of hydrogen-bond donors (Lipinski definition) is 0. The summed E-state index contributed by atoms with van der Waals surface area (Å²) >= 11 is 0. The van der Waals surface area contributed by atoms with E-state index in [4.69, 9.17) is 0 Å². The van der Waals surface area contributed by atoms with E-state index in [1.165, 1.54) is 0 Å². The van der Waals surface area contributed by atoms with Crippen molar-refractivity contribution >= 4 is 31.1 Å². The molecule has 0 fully saturated rings. The van der Waals surface area contributed by atoms with Gasteiger partial charge in [0.15, 0.2) is 0 Å². The van der Waals surface area contributed by atoms with Crippen LogP contribution < -0.4 is 12.4 Å². The van der Waals surface area contributed by atoms with E-state index in [-0.39, 0.29) is 35.5 Å². The summed E-state index contributed by atoms with van der Waals surface area (Å²) in [5.41, 5.74) is 3.20. The van der Waals surface area contributed by atoms with Crippen LogP contribution in [-0.2, 0) is 0 Å². The van der Waals surface area contributed by atoms with Gasteiger partial charge in [0.25, 0.3) is 0 Å². The molecule has 0 N–H and O–H groups in total. The van der Waals surface area contributed by atoms with Crippen molar-refractivity contribution in [3.63, 3.8) is 0 Å². The summed E-state index contributed by atoms with van der Waals surface area (Å²) in [6, 6.07) is 0. The summed E-state index contributed by atoms with van der Waals surface area (Å²) in [4.78, 5) is 0. The molecule has 0 aromatic carbocycles. The van der Waals surface area contributed by atoms with Gasteiger partial charge in [-0.1, -0.05) is 19.6 Å². The molecule has 0 radical (unpaired) electrons. The van der Waals surface area contributed by atoms with E-state index in [1.54, 1.807) is 0 Å². The second kappa shape index (κ2) is 7.93. The molecule has 0 bridgehead atoms. The standard InChI is InChI=1S/C7H13Si.ClH.Mg/c1-5-6-7-8(2,3)4;;/h1,5H2,2-4H3;1H;/q-1;;+2/p-1. The van der Waals surface area contributed by atoms with E-state index in [0.717, 1.165) is 6.42 Å². The molecule has 0 aromatic rings. The molecule has 0 saturated carbocycles. The molecular formula is C7H13ClMgSi. The van der Waals surface area contributed by atoms with Gasteiger partial charge in [0.05, 0.1) is 0 Å². The Kier molecular flexibility index (Phi) is 13.5. The first-order valence-electron chi connectivity index (χ1n) is 2.85. The average molecular weight is 185 g/mol. The largest absolute Gasteiger partial charge is 2.00 e. The van der Waals surface area contributed by atoms with Crippen molar-refractivity contribution in [3.8, 4) is 11.5 Å². The summed E-state index contributed by atoms with van der Waals surface area (Å²) in [6.45, 7) is 10.3. The fraction of sp³-hybridized carbons (Fsp3) is 0.571. The smallest absolute Gasteiger partial charge is 1.00 e. The maximum atomic E-state index is 3.64. The van der Waals surface area contributed by atoms with Crippen molar-refractivity contribution in [3.05, 3.63) is 6.92 Å². The van der Waals surface area contributed by atoms with Crippen molar-refractivity contribution in [1.82, 2.24) is 0 Å². The van der Waals surface area contributed by atoms with Gasteiger partial charge in [-0.2, -0.15) is 0 Å². The molecule has 0 aliphatic carbocycles. The van der Waals surface area contributed by atoms with Crippen molar-refractivity contribution in [2.45, 2.75) is 26.1 Å². The van der Waals surface area contributed by atoms with Gasteiger partial charge in [-0.05, 0) is 0 Å². The Morgan fingerprint density at radius 1 is 1.30 bits per heavy atom. The Balaban J connectivity index is -0.000000245. The third-order valence-electron chi connectivity index (χ3n) is 0.588. The van der Waals surface area contributed by atoms with Gasteiger partial charge in [-0.3, -0.25) is 0 Å². The van der Waals surface area contributed by atoms with E-state index in [0.29, 0.717) is 0 Å². The zero-order valence-electron chi connectivity index (χ0n) is 7.00. The van der Waals surface area contributed by atoms with Gasteiger partial charge in [0.2, 0.25) is 0 Å². The van der Waals surface area contributed by atoms with Gasteiger partial charge in [0, 0.05) is 0 Å². The third kappa shape index (κ3) is 15.9. The average Bonchev–Trinajstić information content (AvgIpc) is 1.59. The second-order valence-corrected chi connectivity index (χ2v) is 7.55. The summed E-state index contributed by atoms with van der Waals surface area (Å²) in [6.07, 6.45) is 0.754. The maximum Gasteiger partial charge on any atom is 2.00 e. The van der Waals surface area contributed by atoms with E-state index >= 15 is 0 Å². The van der Waals surface area contributed by atoms with Crippen LogP contribution in [0.1, 0.15) is 6.42 Å². The van der Waals surface area contributed by atoms with Gasteiger partial charge < -0.3 is 19.3 Å². The predicted molar refractivity (Wildman–Crippen MR) is 46.9 cm³/mol. The molecule has 0 nitrogen and oxygen atoms in total. The molecule has 0 aliphatic heterocycles. The molecule has 54 valence electrons. The molecule has 0 unspecified atom stereocenters. The zero-order chi connectivity index (χ0) is 6.62. The first kappa shape index (κ1) is 17.1. The molecule has 0 heterocycles. The van der Waals surface area contributed by atoms with Crippen LogP contribution in [0.25, 0.3) is 0 Å². The summed E-state index contributed by atoms with van der Waals surface area (Å²) < 4.78 is 0. The molecular weight excluding hydrogens is 172 g/mol. The summed E-state index contributed by atoms with van der Waals surface area (Å²) in [5, 5.41) is 0. The number of halogens is 1. The van der Waals surface area contributed by atoms with Crippen LogP contribution in [-0.4, -0.2) is 31.1 Å². The molecule has 0 aliphatic rings. The Hall–Kier alpha value is 0.833. The summed E-state index contributed by atoms with van der Waals surface area (Å²) in [5.74, 6) is 2.99. The Morgan fingerprint density at radius 2 is 1.70 bits per heavy atom. The SMILES string of the molecule is [CH2-]CC#C[Si](C)(C)C.[Cl-].[Mg+2]. The fourth-order valence-electron chi connectivity index (χ4n) is 0.328. The van der Waals surface area contributed by atoms with Crippen molar-refractivity contribution in [2.24, 2.45) is 0 Å². The van der Waals surface area contributed by atoms with Crippen LogP contribution >= 0.6 is 0 Å². The van der Waals surface area contributed by atoms with Gasteiger partial charge in [-0.15, -0.1) is 17.9 Å². The first-order valence-corrected chi connectivity index (χ1v) is 6.35. The molecule has 0 atom stereocenters. The molecule has 10 heavy (non-hydrogen) atoms. The Morgan fingerprint density at radius 3 is 1.80 bits per heavy atom. The van der Waals surface area contributed by atoms with Crippen LogP contribution in [0.15, 0.2) is 0 Å². The van der Waals surface area contributed by atoms with Crippen LogP contribution in [0.5, 0.6) is 0 Å². The normalized spacial score (nSPS) is 8.00. The van der Waals surface area contributed by atoms with Crippen LogP contribution in [0.3, 0.4) is 0 Å². The maximum absolute atomic E-state index is 3.64. The van der Waals surface area contributed by atoms with Gasteiger partial charge in [0.1, 0.15) is 8.07 Å². The minimum absolute atomic E-state index is 0. The quantitative estimate of drug-likeness (QED) is 0.250. The first-order chi connectivity index (χ1) is 3.56. The monoisotopic (exact) mass is 184 g/mol. The van der Waals surface area contributed by atoms with Crippen LogP contribution in [0.4, 0.5) is 0 Å². The van der Waals surface area contributed by atoms with Crippen LogP contribution in [0.2, 0.25) is 19.6 Å². The predicted octanol–water partition coefficient (Wildman–Crippen LogP) is -1.29. The summed E-state index contributed by atoms with van der Waals surface area (Å²) in [7, 11) is -1.08. The molecule has 0 spiro atoms. The Bertz CT molecular complexity index is 118. The van der Waals surface area contributed by atoms with E-state index in [1.807, 2.05) is 0 Å². The van der Waals surface area contributed by atoms with Crippen molar-refractivity contribution in [1.29, 1.82) is 0 Å². The number of rotatable bonds is 0. The van der Waals surface area contributed by atoms with Gasteiger partial charge >= 0.3 is 23.1 Å². The fourth-order valence-corrected chi connectivity index (χ4v) is 0.983. The van der Waals surface area contributed by atoms with Crippen molar-refractivity contribution < 1.29 is 12.4 Å². The minimum Gasteiger partial charge on any atom is -1.00 e. The molecule has 0 amide bonds. The van der Waals surface area contributed by atoms with Crippen LogP contribution in [0, 0.1) is 18.4 Å². The second-order valence-electron chi connectivity index (χ2n) is 2.80. The Labute approximate surface area is 87.7 Å². The van der Waals surface area contributed by atoms with Crippen molar-refractivity contribution in [2.75, 3.05) is 0 Å². The van der Waals surface area contributed by atoms with E-state index in [9.17, 15) is 0 Å². The minimum atomic E-state index is -1.08. The molecule has 0 aromatic heterocycles. The topological polar surface area (TPSA) is 0 Å². The van der Waals surface area contributed by atoms with E-state index in [2.05, 4.69) is 38.0 Å². The number of hydrogen-bond acceptors (Lipinski definition) is 0. The molecule has 0 rings (SSSR count). The third-order valence-corrected chi connectivity index (χ3v) is 1.52. The molecule has 0 saturated heterocycles. The zero-order valence-corrected chi connectivity index (χ0v) is 10.2. The van der Waals surface area contributed by atoms with Gasteiger partial charge in [-0.25, -0.2) is 0 Å². The van der Waals surface area contributed by atoms with E-state index < -0.39 is 8.07 Å². The molecule has 3 heteroatoms.